The van der Waals surface area contributed by atoms with Crippen molar-refractivity contribution in [2.75, 3.05) is 32.9 Å². The highest BCUT2D eigenvalue weighted by Crippen LogP contribution is 2.09. The van der Waals surface area contributed by atoms with Crippen molar-refractivity contribution in [3.8, 4) is 0 Å². The van der Waals surface area contributed by atoms with Gasteiger partial charge in [-0.05, 0) is 38.5 Å². The second-order valence-corrected chi connectivity index (χ2v) is 7.12. The highest BCUT2D eigenvalue weighted by molar-refractivity contribution is 5.91. The molecule has 0 radical (unpaired) electrons. The summed E-state index contributed by atoms with van der Waals surface area (Å²) in [5.74, 6) is -0.798. The Kier molecular flexibility index (Phi) is 7.18. The molecule has 27 heavy (non-hydrogen) atoms. The molecule has 1 fully saturated rings. The summed E-state index contributed by atoms with van der Waals surface area (Å²) in [6, 6.07) is 6.59. The summed E-state index contributed by atoms with van der Waals surface area (Å²) in [7, 11) is 0. The van der Waals surface area contributed by atoms with Gasteiger partial charge in [0, 0.05) is 19.6 Å². The molecule has 1 aromatic carbocycles. The first-order valence-electron chi connectivity index (χ1n) is 8.83. The molecular weight excluding hydrogens is 352 g/mol. The number of hydrogen-bond acceptors (Lipinski definition) is 6. The van der Waals surface area contributed by atoms with Gasteiger partial charge in [-0.15, -0.1) is 0 Å². The van der Waals surface area contributed by atoms with Crippen LogP contribution in [0.2, 0.25) is 0 Å². The van der Waals surface area contributed by atoms with Gasteiger partial charge in [0.25, 0.3) is 5.91 Å². The Morgan fingerprint density at radius 2 is 1.74 bits per heavy atom. The number of nitrogens with one attached hydrogen (secondary N) is 1. The van der Waals surface area contributed by atoms with Crippen molar-refractivity contribution in [2.45, 2.75) is 32.9 Å². The van der Waals surface area contributed by atoms with Crippen LogP contribution in [-0.4, -0.2) is 61.4 Å². The van der Waals surface area contributed by atoms with Gasteiger partial charge in [0.1, 0.15) is 5.60 Å². The van der Waals surface area contributed by atoms with Gasteiger partial charge in [-0.25, -0.2) is 9.59 Å². The Labute approximate surface area is 158 Å². The highest BCUT2D eigenvalue weighted by Gasteiger charge is 2.19. The maximum Gasteiger partial charge on any atom is 0.407 e. The first-order chi connectivity index (χ1) is 12.7. The molecule has 0 atom stereocenters. The van der Waals surface area contributed by atoms with Crippen LogP contribution >= 0.6 is 0 Å². The number of amides is 2. The molecule has 8 heteroatoms. The summed E-state index contributed by atoms with van der Waals surface area (Å²) in [5.41, 5.74) is 0.587. The van der Waals surface area contributed by atoms with Crippen LogP contribution in [0.15, 0.2) is 24.3 Å². The van der Waals surface area contributed by atoms with Crippen molar-refractivity contribution in [3.05, 3.63) is 35.4 Å². The summed E-state index contributed by atoms with van der Waals surface area (Å²) in [6.45, 7) is 7.37. The highest BCUT2D eigenvalue weighted by atomic mass is 16.6. The number of esters is 1. The zero-order valence-corrected chi connectivity index (χ0v) is 15.9. The first kappa shape index (κ1) is 20.7. The SMILES string of the molecule is CC(C)(C)OC(=O)NCc1ccc(C(=O)OCC(=O)N2CCOCC2)cc1. The Balaban J connectivity index is 1.77. The van der Waals surface area contributed by atoms with E-state index >= 15 is 0 Å². The molecule has 1 aliphatic heterocycles. The average Bonchev–Trinajstić information content (AvgIpc) is 2.64. The van der Waals surface area contributed by atoms with Gasteiger partial charge in [0.05, 0.1) is 18.8 Å². The number of morpholine rings is 1. The lowest BCUT2D eigenvalue weighted by Crippen LogP contribution is -2.42. The normalized spacial score (nSPS) is 14.4. The molecule has 0 aliphatic carbocycles. The van der Waals surface area contributed by atoms with Crippen LogP contribution in [0.1, 0.15) is 36.7 Å². The van der Waals surface area contributed by atoms with E-state index in [1.807, 2.05) is 0 Å². The van der Waals surface area contributed by atoms with E-state index in [1.165, 1.54) is 0 Å². The van der Waals surface area contributed by atoms with Crippen molar-refractivity contribution in [1.29, 1.82) is 0 Å². The van der Waals surface area contributed by atoms with Crippen molar-refractivity contribution < 1.29 is 28.6 Å². The summed E-state index contributed by atoms with van der Waals surface area (Å²) in [4.78, 5) is 37.3. The molecule has 1 heterocycles. The Hall–Kier alpha value is -2.61. The second kappa shape index (κ2) is 9.36. The topological polar surface area (TPSA) is 94.2 Å². The second-order valence-electron chi connectivity index (χ2n) is 7.12. The maximum absolute atomic E-state index is 12.1. The average molecular weight is 378 g/mol. The molecular formula is C19H26N2O6. The van der Waals surface area contributed by atoms with Crippen molar-refractivity contribution in [3.63, 3.8) is 0 Å². The summed E-state index contributed by atoms with van der Waals surface area (Å²) < 4.78 is 15.4. The van der Waals surface area contributed by atoms with Crippen molar-refractivity contribution in [1.82, 2.24) is 10.2 Å². The lowest BCUT2D eigenvalue weighted by molar-refractivity contribution is -0.138. The van der Waals surface area contributed by atoms with E-state index in [2.05, 4.69) is 5.32 Å². The molecule has 0 aromatic heterocycles. The van der Waals surface area contributed by atoms with Crippen LogP contribution < -0.4 is 5.32 Å². The molecule has 0 bridgehead atoms. The predicted octanol–water partition coefficient (Wildman–Crippen LogP) is 1.73. The third-order valence-electron chi connectivity index (χ3n) is 3.72. The number of alkyl carbamates (subject to hydrolysis) is 1. The Morgan fingerprint density at radius 1 is 1.11 bits per heavy atom. The summed E-state index contributed by atoms with van der Waals surface area (Å²) >= 11 is 0. The van der Waals surface area contributed by atoms with Crippen LogP contribution in [0.25, 0.3) is 0 Å². The minimum Gasteiger partial charge on any atom is -0.452 e. The number of carbonyl (C=O) groups is 3. The zero-order chi connectivity index (χ0) is 19.9. The molecule has 0 spiro atoms. The lowest BCUT2D eigenvalue weighted by atomic mass is 10.1. The van der Waals surface area contributed by atoms with Gasteiger partial charge in [0.2, 0.25) is 0 Å². The lowest BCUT2D eigenvalue weighted by Gasteiger charge is -2.26. The molecule has 1 N–H and O–H groups in total. The smallest absolute Gasteiger partial charge is 0.407 e. The third-order valence-corrected chi connectivity index (χ3v) is 3.72. The van der Waals surface area contributed by atoms with E-state index in [0.29, 0.717) is 31.9 Å². The Bertz CT molecular complexity index is 660. The molecule has 0 saturated carbocycles. The summed E-state index contributed by atoms with van der Waals surface area (Å²) in [5, 5.41) is 2.64. The van der Waals surface area contributed by atoms with Crippen LogP contribution in [0.4, 0.5) is 4.79 Å². The quantitative estimate of drug-likeness (QED) is 0.784. The number of carbonyl (C=O) groups excluding carboxylic acids is 3. The predicted molar refractivity (Wildman–Crippen MR) is 97.2 cm³/mol. The number of benzene rings is 1. The fourth-order valence-corrected chi connectivity index (χ4v) is 2.36. The van der Waals surface area contributed by atoms with E-state index in [4.69, 9.17) is 14.2 Å². The largest absolute Gasteiger partial charge is 0.452 e. The number of hydrogen-bond donors (Lipinski definition) is 1. The van der Waals surface area contributed by atoms with Crippen molar-refractivity contribution in [2.24, 2.45) is 0 Å². The molecule has 1 saturated heterocycles. The van der Waals surface area contributed by atoms with E-state index in [0.717, 1.165) is 5.56 Å². The van der Waals surface area contributed by atoms with E-state index in [1.54, 1.807) is 49.9 Å². The summed E-state index contributed by atoms with van der Waals surface area (Å²) in [6.07, 6.45) is -0.507. The zero-order valence-electron chi connectivity index (χ0n) is 15.9. The van der Waals surface area contributed by atoms with E-state index in [-0.39, 0.29) is 19.1 Å². The minimum absolute atomic E-state index is 0.232. The fraction of sp³-hybridized carbons (Fsp3) is 0.526. The standard InChI is InChI=1S/C19H26N2O6/c1-19(2,3)27-18(24)20-12-14-4-6-15(7-5-14)17(23)26-13-16(22)21-8-10-25-11-9-21/h4-7H,8-13H2,1-3H3,(H,20,24). The van der Waals surface area contributed by atoms with Gasteiger partial charge in [-0.2, -0.15) is 0 Å². The van der Waals surface area contributed by atoms with Gasteiger partial charge in [-0.1, -0.05) is 12.1 Å². The third kappa shape index (κ3) is 7.26. The van der Waals surface area contributed by atoms with Crippen LogP contribution in [-0.2, 0) is 25.5 Å². The Morgan fingerprint density at radius 3 is 2.33 bits per heavy atom. The van der Waals surface area contributed by atoms with E-state index in [9.17, 15) is 14.4 Å². The van der Waals surface area contributed by atoms with E-state index < -0.39 is 17.7 Å². The van der Waals surface area contributed by atoms with Crippen LogP contribution in [0.5, 0.6) is 0 Å². The fourth-order valence-electron chi connectivity index (χ4n) is 2.36. The molecule has 148 valence electrons. The molecule has 1 aromatic rings. The van der Waals surface area contributed by atoms with Crippen LogP contribution in [0.3, 0.4) is 0 Å². The maximum atomic E-state index is 12.1. The van der Waals surface area contributed by atoms with Gasteiger partial charge < -0.3 is 24.4 Å². The monoisotopic (exact) mass is 378 g/mol. The first-order valence-corrected chi connectivity index (χ1v) is 8.83. The minimum atomic E-state index is -0.566. The molecule has 1 aliphatic rings. The van der Waals surface area contributed by atoms with Gasteiger partial charge in [-0.3, -0.25) is 4.79 Å². The number of nitrogens with zero attached hydrogens (tertiary/aromatic N) is 1. The molecule has 8 nitrogen and oxygen atoms in total. The molecule has 2 amide bonds. The van der Waals surface area contributed by atoms with Crippen molar-refractivity contribution >= 4 is 18.0 Å². The number of ether oxygens (including phenoxy) is 3. The van der Waals surface area contributed by atoms with Gasteiger partial charge in [0.15, 0.2) is 6.61 Å². The van der Waals surface area contributed by atoms with Crippen LogP contribution in [0, 0.1) is 0 Å². The molecule has 0 unspecified atom stereocenters. The number of rotatable bonds is 5. The molecule has 2 rings (SSSR count). The van der Waals surface area contributed by atoms with Gasteiger partial charge >= 0.3 is 12.1 Å².